The fourth-order valence-corrected chi connectivity index (χ4v) is 1.56. The lowest BCUT2D eigenvalue weighted by Gasteiger charge is -2.10. The highest BCUT2D eigenvalue weighted by atomic mass is 16.5. The van der Waals surface area contributed by atoms with E-state index in [9.17, 15) is 4.79 Å². The van der Waals surface area contributed by atoms with E-state index in [-0.39, 0.29) is 12.5 Å². The zero-order valence-corrected chi connectivity index (χ0v) is 10.6. The van der Waals surface area contributed by atoms with Gasteiger partial charge in [-0.2, -0.15) is 0 Å². The highest BCUT2D eigenvalue weighted by molar-refractivity contribution is 5.71. The highest BCUT2D eigenvalue weighted by Crippen LogP contribution is 2.19. The van der Waals surface area contributed by atoms with Crippen LogP contribution in [0.2, 0.25) is 0 Å². The lowest BCUT2D eigenvalue weighted by Crippen LogP contribution is -2.23. The van der Waals surface area contributed by atoms with Gasteiger partial charge in [-0.3, -0.25) is 4.79 Å². The molecule has 0 atom stereocenters. The van der Waals surface area contributed by atoms with Gasteiger partial charge in [0.15, 0.2) is 0 Å². The predicted molar refractivity (Wildman–Crippen MR) is 66.1 cm³/mol. The molecule has 0 saturated carbocycles. The van der Waals surface area contributed by atoms with Crippen molar-refractivity contribution in [2.24, 2.45) is 0 Å². The molecule has 0 heterocycles. The Morgan fingerprint density at radius 1 is 1.35 bits per heavy atom. The molecule has 0 unspecified atom stereocenters. The monoisotopic (exact) mass is 237 g/mol. The van der Waals surface area contributed by atoms with Crippen LogP contribution in [-0.2, 0) is 22.5 Å². The third kappa shape index (κ3) is 4.07. The normalized spacial score (nSPS) is 10.1. The number of aryl methyl sites for hydroxylation is 1. The summed E-state index contributed by atoms with van der Waals surface area (Å²) in [5.41, 5.74) is 2.30. The molecule has 94 valence electrons. The number of esters is 1. The molecule has 1 N–H and O–H groups in total. The molecule has 4 heteroatoms. The molecule has 0 aliphatic rings. The smallest absolute Gasteiger partial charge is 0.319 e. The Morgan fingerprint density at radius 3 is 2.71 bits per heavy atom. The van der Waals surface area contributed by atoms with E-state index in [0.717, 1.165) is 17.7 Å². The SMILES string of the molecule is CCc1ccc(OC)c(CNCC(=O)OC)c1. The van der Waals surface area contributed by atoms with E-state index in [1.807, 2.05) is 12.1 Å². The van der Waals surface area contributed by atoms with Crippen LogP contribution in [0.1, 0.15) is 18.1 Å². The number of hydrogen-bond donors (Lipinski definition) is 1. The van der Waals surface area contributed by atoms with E-state index in [4.69, 9.17) is 4.74 Å². The van der Waals surface area contributed by atoms with Crippen LogP contribution >= 0.6 is 0 Å². The first kappa shape index (κ1) is 13.5. The van der Waals surface area contributed by atoms with Crippen LogP contribution < -0.4 is 10.1 Å². The fraction of sp³-hybridized carbons (Fsp3) is 0.462. The Balaban J connectivity index is 2.64. The standard InChI is InChI=1S/C13H19NO3/c1-4-10-5-6-12(16-2)11(7-10)8-14-9-13(15)17-3/h5-7,14H,4,8-9H2,1-3H3. The molecule has 1 aromatic carbocycles. The molecule has 4 nitrogen and oxygen atoms in total. The zero-order chi connectivity index (χ0) is 12.7. The van der Waals surface area contributed by atoms with Crippen molar-refractivity contribution in [1.29, 1.82) is 0 Å². The van der Waals surface area contributed by atoms with Crippen molar-refractivity contribution in [1.82, 2.24) is 5.32 Å². The number of carbonyl (C=O) groups is 1. The highest BCUT2D eigenvalue weighted by Gasteiger charge is 2.05. The van der Waals surface area contributed by atoms with Crippen molar-refractivity contribution < 1.29 is 14.3 Å². The average molecular weight is 237 g/mol. The number of methoxy groups -OCH3 is 2. The molecule has 0 aliphatic heterocycles. The molecule has 0 radical (unpaired) electrons. The number of hydrogen-bond acceptors (Lipinski definition) is 4. The fourth-order valence-electron chi connectivity index (χ4n) is 1.56. The van der Waals surface area contributed by atoms with E-state index in [1.165, 1.54) is 12.7 Å². The van der Waals surface area contributed by atoms with E-state index >= 15 is 0 Å². The summed E-state index contributed by atoms with van der Waals surface area (Å²) in [6, 6.07) is 6.08. The first-order valence-electron chi connectivity index (χ1n) is 5.64. The van der Waals surface area contributed by atoms with Crippen LogP contribution in [0.3, 0.4) is 0 Å². The molecular formula is C13H19NO3. The third-order valence-electron chi connectivity index (χ3n) is 2.57. The van der Waals surface area contributed by atoms with E-state index in [2.05, 4.69) is 23.0 Å². The Morgan fingerprint density at radius 2 is 2.12 bits per heavy atom. The first-order valence-corrected chi connectivity index (χ1v) is 5.64. The average Bonchev–Trinajstić information content (AvgIpc) is 2.38. The minimum absolute atomic E-state index is 0.204. The molecule has 17 heavy (non-hydrogen) atoms. The van der Waals surface area contributed by atoms with Crippen LogP contribution in [0.25, 0.3) is 0 Å². The van der Waals surface area contributed by atoms with Crippen molar-refractivity contribution in [3.05, 3.63) is 29.3 Å². The summed E-state index contributed by atoms with van der Waals surface area (Å²) in [4.78, 5) is 11.0. The minimum atomic E-state index is -0.268. The second-order valence-electron chi connectivity index (χ2n) is 3.68. The van der Waals surface area contributed by atoms with E-state index in [1.54, 1.807) is 7.11 Å². The van der Waals surface area contributed by atoms with Gasteiger partial charge in [-0.1, -0.05) is 19.1 Å². The maximum Gasteiger partial charge on any atom is 0.319 e. The van der Waals surface area contributed by atoms with Crippen molar-refractivity contribution in [3.8, 4) is 5.75 Å². The maximum atomic E-state index is 11.0. The second kappa shape index (κ2) is 6.91. The summed E-state index contributed by atoms with van der Waals surface area (Å²) in [5.74, 6) is 0.565. The van der Waals surface area contributed by atoms with Gasteiger partial charge in [0.2, 0.25) is 0 Å². The molecule has 1 aromatic rings. The molecular weight excluding hydrogens is 218 g/mol. The van der Waals surface area contributed by atoms with Crippen LogP contribution in [-0.4, -0.2) is 26.7 Å². The number of ether oxygens (including phenoxy) is 2. The van der Waals surface area contributed by atoms with E-state index < -0.39 is 0 Å². The molecule has 0 fully saturated rings. The predicted octanol–water partition coefficient (Wildman–Crippen LogP) is 1.52. The van der Waals surface area contributed by atoms with Crippen LogP contribution in [0.15, 0.2) is 18.2 Å². The van der Waals surface area contributed by atoms with Crippen molar-refractivity contribution in [2.45, 2.75) is 19.9 Å². The number of benzene rings is 1. The van der Waals surface area contributed by atoms with Gasteiger partial charge >= 0.3 is 5.97 Å². The lowest BCUT2D eigenvalue weighted by molar-refractivity contribution is -0.139. The van der Waals surface area contributed by atoms with Crippen LogP contribution in [0.4, 0.5) is 0 Å². The van der Waals surface area contributed by atoms with Gasteiger partial charge in [0, 0.05) is 12.1 Å². The Hall–Kier alpha value is -1.55. The van der Waals surface area contributed by atoms with Gasteiger partial charge in [0.25, 0.3) is 0 Å². The summed E-state index contributed by atoms with van der Waals surface area (Å²) in [6.07, 6.45) is 0.980. The maximum absolute atomic E-state index is 11.0. The summed E-state index contributed by atoms with van der Waals surface area (Å²) < 4.78 is 9.83. The molecule has 0 saturated heterocycles. The quantitative estimate of drug-likeness (QED) is 0.762. The van der Waals surface area contributed by atoms with Gasteiger partial charge < -0.3 is 14.8 Å². The van der Waals surface area contributed by atoms with Gasteiger partial charge in [-0.05, 0) is 18.1 Å². The van der Waals surface area contributed by atoms with Crippen molar-refractivity contribution >= 4 is 5.97 Å². The number of rotatable bonds is 6. The Kier molecular flexibility index (Phi) is 5.49. The molecule has 1 rings (SSSR count). The lowest BCUT2D eigenvalue weighted by atomic mass is 10.1. The second-order valence-corrected chi connectivity index (χ2v) is 3.68. The summed E-state index contributed by atoms with van der Waals surface area (Å²) >= 11 is 0. The molecule has 0 bridgehead atoms. The van der Waals surface area contributed by atoms with Gasteiger partial charge in [0.1, 0.15) is 5.75 Å². The first-order chi connectivity index (χ1) is 8.21. The number of carbonyl (C=O) groups excluding carboxylic acids is 1. The van der Waals surface area contributed by atoms with Gasteiger partial charge in [-0.25, -0.2) is 0 Å². The van der Waals surface area contributed by atoms with Gasteiger partial charge in [-0.15, -0.1) is 0 Å². The Labute approximate surface area is 102 Å². The molecule has 0 aliphatic carbocycles. The Bertz CT molecular complexity index is 377. The zero-order valence-electron chi connectivity index (χ0n) is 10.6. The number of nitrogens with one attached hydrogen (secondary N) is 1. The van der Waals surface area contributed by atoms with E-state index in [0.29, 0.717) is 6.54 Å². The van der Waals surface area contributed by atoms with Crippen LogP contribution in [0, 0.1) is 0 Å². The summed E-state index contributed by atoms with van der Waals surface area (Å²) in [5, 5.41) is 3.02. The topological polar surface area (TPSA) is 47.6 Å². The van der Waals surface area contributed by atoms with Crippen molar-refractivity contribution in [3.63, 3.8) is 0 Å². The van der Waals surface area contributed by atoms with Gasteiger partial charge in [0.05, 0.1) is 20.8 Å². The van der Waals surface area contributed by atoms with Crippen molar-refractivity contribution in [2.75, 3.05) is 20.8 Å². The largest absolute Gasteiger partial charge is 0.496 e. The summed E-state index contributed by atoms with van der Waals surface area (Å²) in [6.45, 7) is 2.90. The molecule has 0 spiro atoms. The molecule has 0 amide bonds. The van der Waals surface area contributed by atoms with Crippen LogP contribution in [0.5, 0.6) is 5.75 Å². The summed E-state index contributed by atoms with van der Waals surface area (Å²) in [7, 11) is 3.02. The minimum Gasteiger partial charge on any atom is -0.496 e. The molecule has 0 aromatic heterocycles. The third-order valence-corrected chi connectivity index (χ3v) is 2.57.